The van der Waals surface area contributed by atoms with Crippen molar-refractivity contribution in [3.8, 4) is 5.88 Å². The van der Waals surface area contributed by atoms with Crippen LogP contribution in [0.1, 0.15) is 6.92 Å². The quantitative estimate of drug-likeness (QED) is 0.802. The van der Waals surface area contributed by atoms with Crippen LogP contribution < -0.4 is 9.64 Å². The highest BCUT2D eigenvalue weighted by molar-refractivity contribution is 5.78. The molecule has 128 valence electrons. The number of methoxy groups -OCH3 is 1. The van der Waals surface area contributed by atoms with Gasteiger partial charge in [0.1, 0.15) is 0 Å². The molecule has 2 aromatic heterocycles. The molecule has 8 nitrogen and oxygen atoms in total. The van der Waals surface area contributed by atoms with Crippen molar-refractivity contribution in [1.29, 1.82) is 0 Å². The Morgan fingerprint density at radius 2 is 2.08 bits per heavy atom. The monoisotopic (exact) mass is 330 g/mol. The van der Waals surface area contributed by atoms with E-state index in [1.165, 1.54) is 0 Å². The Labute approximate surface area is 141 Å². The fraction of sp³-hybridized carbons (Fsp3) is 0.500. The molecule has 0 radical (unpaired) electrons. The van der Waals surface area contributed by atoms with Crippen molar-refractivity contribution in [3.05, 3.63) is 30.7 Å². The summed E-state index contributed by atoms with van der Waals surface area (Å²) in [6.07, 6.45) is 5.29. The molecule has 1 aliphatic heterocycles. The lowest BCUT2D eigenvalue weighted by atomic mass is 10.1. The Kier molecular flexibility index (Phi) is 4.93. The van der Waals surface area contributed by atoms with E-state index in [2.05, 4.69) is 20.0 Å². The molecule has 1 atom stereocenters. The van der Waals surface area contributed by atoms with Crippen LogP contribution in [0.25, 0.3) is 0 Å². The Morgan fingerprint density at radius 3 is 2.75 bits per heavy atom. The average molecular weight is 330 g/mol. The van der Waals surface area contributed by atoms with E-state index < -0.39 is 0 Å². The van der Waals surface area contributed by atoms with Crippen LogP contribution in [0.5, 0.6) is 5.88 Å². The lowest BCUT2D eigenvalue weighted by molar-refractivity contribution is -0.135. The summed E-state index contributed by atoms with van der Waals surface area (Å²) in [4.78, 5) is 25.2. The van der Waals surface area contributed by atoms with Gasteiger partial charge in [0.15, 0.2) is 0 Å². The molecule has 3 heterocycles. The zero-order valence-corrected chi connectivity index (χ0v) is 14.0. The van der Waals surface area contributed by atoms with Gasteiger partial charge in [0.2, 0.25) is 17.7 Å². The number of piperazine rings is 1. The topological polar surface area (TPSA) is 76.4 Å². The summed E-state index contributed by atoms with van der Waals surface area (Å²) < 4.78 is 6.93. The number of hydrogen-bond acceptors (Lipinski definition) is 6. The van der Waals surface area contributed by atoms with Gasteiger partial charge in [0.05, 0.1) is 19.6 Å². The lowest BCUT2D eigenvalue weighted by Gasteiger charge is -2.36. The Morgan fingerprint density at radius 1 is 1.29 bits per heavy atom. The highest BCUT2D eigenvalue weighted by Gasteiger charge is 2.26. The molecule has 24 heavy (non-hydrogen) atoms. The molecule has 1 fully saturated rings. The zero-order valence-electron chi connectivity index (χ0n) is 14.0. The second-order valence-corrected chi connectivity index (χ2v) is 5.84. The second kappa shape index (κ2) is 7.29. The van der Waals surface area contributed by atoms with E-state index >= 15 is 0 Å². The van der Waals surface area contributed by atoms with E-state index in [0.717, 1.165) is 0 Å². The lowest BCUT2D eigenvalue weighted by Crippen LogP contribution is -2.51. The summed E-state index contributed by atoms with van der Waals surface area (Å²) in [5, 5.41) is 4.16. The third kappa shape index (κ3) is 3.64. The van der Waals surface area contributed by atoms with Crippen LogP contribution in [0.4, 0.5) is 5.95 Å². The molecule has 0 bridgehead atoms. The standard InChI is InChI=1S/C16H22N6O2/c1-13(12-22-7-3-5-18-22)15(23)20-8-10-21(11-9-20)16-17-6-4-14(19-16)24-2/h3-7,13H,8-12H2,1-2H3. The van der Waals surface area contributed by atoms with Gasteiger partial charge in [-0.25, -0.2) is 4.98 Å². The highest BCUT2D eigenvalue weighted by Crippen LogP contribution is 2.16. The first-order valence-electron chi connectivity index (χ1n) is 8.05. The van der Waals surface area contributed by atoms with E-state index in [0.29, 0.717) is 44.6 Å². The molecule has 0 saturated carbocycles. The molecule has 1 unspecified atom stereocenters. The first-order valence-corrected chi connectivity index (χ1v) is 8.05. The van der Waals surface area contributed by atoms with E-state index in [4.69, 9.17) is 4.74 Å². The minimum atomic E-state index is -0.0930. The van der Waals surface area contributed by atoms with E-state index in [1.54, 1.807) is 30.3 Å². The van der Waals surface area contributed by atoms with Crippen LogP contribution in [0.2, 0.25) is 0 Å². The Balaban J connectivity index is 1.55. The van der Waals surface area contributed by atoms with Crippen molar-refractivity contribution in [2.45, 2.75) is 13.5 Å². The SMILES string of the molecule is COc1ccnc(N2CCN(C(=O)C(C)Cn3cccn3)CC2)n1. The molecule has 1 aliphatic rings. The maximum Gasteiger partial charge on any atom is 0.228 e. The maximum atomic E-state index is 12.6. The second-order valence-electron chi connectivity index (χ2n) is 5.84. The van der Waals surface area contributed by atoms with Crippen molar-refractivity contribution in [3.63, 3.8) is 0 Å². The van der Waals surface area contributed by atoms with Gasteiger partial charge >= 0.3 is 0 Å². The van der Waals surface area contributed by atoms with Gasteiger partial charge in [-0.15, -0.1) is 0 Å². The summed E-state index contributed by atoms with van der Waals surface area (Å²) in [5.74, 6) is 1.26. The van der Waals surface area contributed by atoms with Gasteiger partial charge in [-0.05, 0) is 6.07 Å². The molecule has 0 spiro atoms. The molecular formula is C16H22N6O2. The normalized spacial score (nSPS) is 16.1. The molecular weight excluding hydrogens is 308 g/mol. The fourth-order valence-corrected chi connectivity index (χ4v) is 2.80. The first-order chi connectivity index (χ1) is 11.7. The van der Waals surface area contributed by atoms with Crippen molar-refractivity contribution >= 4 is 11.9 Å². The number of rotatable bonds is 5. The molecule has 2 aromatic rings. The van der Waals surface area contributed by atoms with Gasteiger partial charge in [-0.1, -0.05) is 6.92 Å². The third-order valence-corrected chi connectivity index (χ3v) is 4.14. The molecule has 0 aliphatic carbocycles. The van der Waals surface area contributed by atoms with E-state index in [9.17, 15) is 4.79 Å². The number of carbonyl (C=O) groups excluding carboxylic acids is 1. The summed E-state index contributed by atoms with van der Waals surface area (Å²) >= 11 is 0. The minimum Gasteiger partial charge on any atom is -0.481 e. The zero-order chi connectivity index (χ0) is 16.9. The van der Waals surface area contributed by atoms with Crippen LogP contribution in [0.3, 0.4) is 0 Å². The predicted molar refractivity (Wildman–Crippen MR) is 88.8 cm³/mol. The van der Waals surface area contributed by atoms with Crippen LogP contribution in [-0.2, 0) is 11.3 Å². The summed E-state index contributed by atoms with van der Waals surface area (Å²) in [7, 11) is 1.59. The van der Waals surface area contributed by atoms with Crippen molar-refractivity contribution in [1.82, 2.24) is 24.6 Å². The molecule has 3 rings (SSSR count). The Hall–Kier alpha value is -2.64. The van der Waals surface area contributed by atoms with Crippen LogP contribution in [0.15, 0.2) is 30.7 Å². The molecule has 8 heteroatoms. The number of hydrogen-bond donors (Lipinski definition) is 0. The van der Waals surface area contributed by atoms with Gasteiger partial charge in [-0.3, -0.25) is 9.48 Å². The molecule has 1 amide bonds. The van der Waals surface area contributed by atoms with Gasteiger partial charge in [0.25, 0.3) is 0 Å². The summed E-state index contributed by atoms with van der Waals surface area (Å²) in [6.45, 7) is 5.32. The van der Waals surface area contributed by atoms with Gasteiger partial charge in [-0.2, -0.15) is 10.1 Å². The van der Waals surface area contributed by atoms with Crippen molar-refractivity contribution in [2.24, 2.45) is 5.92 Å². The molecule has 0 aromatic carbocycles. The van der Waals surface area contributed by atoms with Crippen LogP contribution in [-0.4, -0.2) is 63.8 Å². The number of amides is 1. The number of carbonyl (C=O) groups is 1. The fourth-order valence-electron chi connectivity index (χ4n) is 2.80. The molecule has 0 N–H and O–H groups in total. The van der Waals surface area contributed by atoms with E-state index in [1.807, 2.05) is 24.1 Å². The largest absolute Gasteiger partial charge is 0.481 e. The smallest absolute Gasteiger partial charge is 0.228 e. The van der Waals surface area contributed by atoms with Crippen LogP contribution >= 0.6 is 0 Å². The number of anilines is 1. The van der Waals surface area contributed by atoms with Gasteiger partial charge < -0.3 is 14.5 Å². The average Bonchev–Trinajstić information content (AvgIpc) is 3.14. The number of ether oxygens (including phenoxy) is 1. The third-order valence-electron chi connectivity index (χ3n) is 4.14. The maximum absolute atomic E-state index is 12.6. The van der Waals surface area contributed by atoms with Crippen LogP contribution in [0, 0.1) is 5.92 Å². The summed E-state index contributed by atoms with van der Waals surface area (Å²) in [5.41, 5.74) is 0. The van der Waals surface area contributed by atoms with E-state index in [-0.39, 0.29) is 11.8 Å². The minimum absolute atomic E-state index is 0.0930. The number of aromatic nitrogens is 4. The highest BCUT2D eigenvalue weighted by atomic mass is 16.5. The van der Waals surface area contributed by atoms with Gasteiger partial charge in [0, 0.05) is 50.8 Å². The van der Waals surface area contributed by atoms with Crippen molar-refractivity contribution < 1.29 is 9.53 Å². The number of nitrogens with zero attached hydrogens (tertiary/aromatic N) is 6. The predicted octanol–water partition coefficient (Wildman–Crippen LogP) is 0.667. The Bertz CT molecular complexity index is 667. The van der Waals surface area contributed by atoms with Crippen molar-refractivity contribution in [2.75, 3.05) is 38.2 Å². The first kappa shape index (κ1) is 16.2. The summed E-state index contributed by atoms with van der Waals surface area (Å²) in [6, 6.07) is 3.59. The molecule has 1 saturated heterocycles.